The first kappa shape index (κ1) is 13.5. The average molecular weight is 252 g/mol. The number of aromatic nitrogens is 2. The molecule has 0 spiro atoms. The molecule has 1 N–H and O–H groups in total. The standard InChI is InChI=1S/C14H24N2O2/c1-4-10-6-7-11(8-10)13-15-14(18-16-13)9(3)12(17)5-2/h9-12,17H,4-8H2,1-3H3. The number of hydrogen-bond acceptors (Lipinski definition) is 4. The van der Waals surface area contributed by atoms with E-state index in [9.17, 15) is 5.11 Å². The first-order valence-electron chi connectivity index (χ1n) is 7.17. The molecule has 4 heteroatoms. The van der Waals surface area contributed by atoms with E-state index >= 15 is 0 Å². The minimum atomic E-state index is -0.398. The molecule has 0 saturated heterocycles. The Morgan fingerprint density at radius 3 is 2.78 bits per heavy atom. The minimum absolute atomic E-state index is 0.0698. The Morgan fingerprint density at radius 1 is 1.39 bits per heavy atom. The van der Waals surface area contributed by atoms with Gasteiger partial charge in [0.25, 0.3) is 0 Å². The molecule has 1 fully saturated rings. The van der Waals surface area contributed by atoms with Crippen molar-refractivity contribution in [3.63, 3.8) is 0 Å². The van der Waals surface area contributed by atoms with Crippen molar-refractivity contribution in [3.8, 4) is 0 Å². The third-order valence-electron chi connectivity index (χ3n) is 4.33. The van der Waals surface area contributed by atoms with Crippen molar-refractivity contribution < 1.29 is 9.63 Å². The molecule has 4 nitrogen and oxygen atoms in total. The molecular formula is C14H24N2O2. The Bertz CT molecular complexity index is 378. The zero-order valence-electron chi connectivity index (χ0n) is 11.6. The monoisotopic (exact) mass is 252 g/mol. The van der Waals surface area contributed by atoms with Gasteiger partial charge in [-0.3, -0.25) is 0 Å². The zero-order chi connectivity index (χ0) is 13.1. The summed E-state index contributed by atoms with van der Waals surface area (Å²) in [6, 6.07) is 0. The van der Waals surface area contributed by atoms with E-state index < -0.39 is 6.10 Å². The molecule has 2 rings (SSSR count). The molecule has 0 bridgehead atoms. The summed E-state index contributed by atoms with van der Waals surface area (Å²) in [6.07, 6.45) is 5.18. The van der Waals surface area contributed by atoms with Gasteiger partial charge in [0.1, 0.15) is 0 Å². The second-order valence-corrected chi connectivity index (χ2v) is 5.54. The van der Waals surface area contributed by atoms with E-state index in [4.69, 9.17) is 4.52 Å². The molecule has 1 saturated carbocycles. The maximum absolute atomic E-state index is 9.81. The van der Waals surface area contributed by atoms with Crippen molar-refractivity contribution in [2.24, 2.45) is 5.92 Å². The number of hydrogen-bond donors (Lipinski definition) is 1. The normalized spacial score (nSPS) is 27.3. The average Bonchev–Trinajstić information content (AvgIpc) is 3.04. The first-order chi connectivity index (χ1) is 8.65. The summed E-state index contributed by atoms with van der Waals surface area (Å²) in [7, 11) is 0. The van der Waals surface area contributed by atoms with Crippen molar-refractivity contribution >= 4 is 0 Å². The van der Waals surface area contributed by atoms with Gasteiger partial charge < -0.3 is 9.63 Å². The molecule has 1 aliphatic carbocycles. The highest BCUT2D eigenvalue weighted by molar-refractivity contribution is 5.02. The van der Waals surface area contributed by atoms with Crippen LogP contribution in [0, 0.1) is 5.92 Å². The Labute approximate surface area is 109 Å². The van der Waals surface area contributed by atoms with Crippen molar-refractivity contribution in [2.75, 3.05) is 0 Å². The summed E-state index contributed by atoms with van der Waals surface area (Å²) in [5.74, 6) is 2.63. The van der Waals surface area contributed by atoms with Crippen molar-refractivity contribution in [1.82, 2.24) is 10.1 Å². The summed E-state index contributed by atoms with van der Waals surface area (Å²) in [4.78, 5) is 4.49. The van der Waals surface area contributed by atoms with Gasteiger partial charge >= 0.3 is 0 Å². The van der Waals surface area contributed by atoms with E-state index in [2.05, 4.69) is 17.1 Å². The smallest absolute Gasteiger partial charge is 0.232 e. The highest BCUT2D eigenvalue weighted by Gasteiger charge is 2.29. The molecule has 0 aliphatic heterocycles. The Hall–Kier alpha value is -0.900. The third-order valence-corrected chi connectivity index (χ3v) is 4.33. The van der Waals surface area contributed by atoms with E-state index in [1.54, 1.807) is 0 Å². The number of aliphatic hydroxyl groups excluding tert-OH is 1. The Morgan fingerprint density at radius 2 is 2.17 bits per heavy atom. The van der Waals surface area contributed by atoms with Crippen LogP contribution < -0.4 is 0 Å². The minimum Gasteiger partial charge on any atom is -0.392 e. The van der Waals surface area contributed by atoms with Gasteiger partial charge in [-0.1, -0.05) is 32.3 Å². The molecule has 1 aromatic rings. The van der Waals surface area contributed by atoms with Gasteiger partial charge in [-0.05, 0) is 31.6 Å². The van der Waals surface area contributed by atoms with E-state index in [-0.39, 0.29) is 5.92 Å². The summed E-state index contributed by atoms with van der Waals surface area (Å²) in [5.41, 5.74) is 0. The van der Waals surface area contributed by atoms with Crippen LogP contribution in [-0.4, -0.2) is 21.4 Å². The van der Waals surface area contributed by atoms with Crippen LogP contribution >= 0.6 is 0 Å². The maximum Gasteiger partial charge on any atom is 0.232 e. The summed E-state index contributed by atoms with van der Waals surface area (Å²) < 4.78 is 5.31. The van der Waals surface area contributed by atoms with Crippen molar-refractivity contribution in [1.29, 1.82) is 0 Å². The summed E-state index contributed by atoms with van der Waals surface area (Å²) in [5, 5.41) is 13.9. The van der Waals surface area contributed by atoms with Gasteiger partial charge in [0.2, 0.25) is 5.89 Å². The van der Waals surface area contributed by atoms with Crippen LogP contribution in [0.4, 0.5) is 0 Å². The van der Waals surface area contributed by atoms with Gasteiger partial charge in [-0.25, -0.2) is 0 Å². The van der Waals surface area contributed by atoms with E-state index in [0.717, 1.165) is 11.7 Å². The van der Waals surface area contributed by atoms with Gasteiger partial charge in [-0.15, -0.1) is 0 Å². The summed E-state index contributed by atoms with van der Waals surface area (Å²) >= 11 is 0. The number of aliphatic hydroxyl groups is 1. The quantitative estimate of drug-likeness (QED) is 0.874. The highest BCUT2D eigenvalue weighted by atomic mass is 16.5. The molecule has 1 heterocycles. The number of rotatable bonds is 5. The fourth-order valence-corrected chi connectivity index (χ4v) is 2.80. The van der Waals surface area contributed by atoms with Crippen molar-refractivity contribution in [3.05, 3.63) is 11.7 Å². The largest absolute Gasteiger partial charge is 0.392 e. The van der Waals surface area contributed by atoms with Crippen LogP contribution in [0.5, 0.6) is 0 Å². The van der Waals surface area contributed by atoms with Gasteiger partial charge in [-0.2, -0.15) is 4.98 Å². The van der Waals surface area contributed by atoms with Gasteiger partial charge in [0.05, 0.1) is 12.0 Å². The number of nitrogens with zero attached hydrogens (tertiary/aromatic N) is 2. The fourth-order valence-electron chi connectivity index (χ4n) is 2.80. The predicted octanol–water partition coefficient (Wildman–Crippen LogP) is 3.24. The fraction of sp³-hybridized carbons (Fsp3) is 0.857. The molecule has 1 aliphatic rings. The van der Waals surface area contributed by atoms with Crippen LogP contribution in [0.25, 0.3) is 0 Å². The van der Waals surface area contributed by atoms with E-state index in [0.29, 0.717) is 18.2 Å². The van der Waals surface area contributed by atoms with E-state index in [1.165, 1.54) is 25.7 Å². The second kappa shape index (κ2) is 5.83. The topological polar surface area (TPSA) is 59.2 Å². The summed E-state index contributed by atoms with van der Waals surface area (Å²) in [6.45, 7) is 6.14. The lowest BCUT2D eigenvalue weighted by Crippen LogP contribution is -2.14. The third kappa shape index (κ3) is 2.74. The van der Waals surface area contributed by atoms with Crippen molar-refractivity contribution in [2.45, 2.75) is 70.8 Å². The van der Waals surface area contributed by atoms with Gasteiger partial charge in [0.15, 0.2) is 5.82 Å². The second-order valence-electron chi connectivity index (χ2n) is 5.54. The van der Waals surface area contributed by atoms with E-state index in [1.807, 2.05) is 13.8 Å². The lowest BCUT2D eigenvalue weighted by Gasteiger charge is -2.12. The van der Waals surface area contributed by atoms with Crippen LogP contribution in [0.15, 0.2) is 4.52 Å². The molecule has 0 radical (unpaired) electrons. The molecule has 4 atom stereocenters. The van der Waals surface area contributed by atoms with Crippen LogP contribution in [-0.2, 0) is 0 Å². The first-order valence-corrected chi connectivity index (χ1v) is 7.17. The molecule has 102 valence electrons. The Kier molecular flexibility index (Phi) is 4.38. The van der Waals surface area contributed by atoms with Crippen LogP contribution in [0.2, 0.25) is 0 Å². The lowest BCUT2D eigenvalue weighted by molar-refractivity contribution is 0.129. The SMILES string of the molecule is CCC1CCC(c2noc(C(C)C(O)CC)n2)C1. The maximum atomic E-state index is 9.81. The molecule has 0 amide bonds. The molecule has 0 aromatic carbocycles. The lowest BCUT2D eigenvalue weighted by atomic mass is 10.0. The van der Waals surface area contributed by atoms with Crippen LogP contribution in [0.3, 0.4) is 0 Å². The molecular weight excluding hydrogens is 228 g/mol. The van der Waals surface area contributed by atoms with Crippen LogP contribution in [0.1, 0.15) is 76.4 Å². The molecule has 1 aromatic heterocycles. The predicted molar refractivity (Wildman–Crippen MR) is 69.4 cm³/mol. The Balaban J connectivity index is 2.02. The highest BCUT2D eigenvalue weighted by Crippen LogP contribution is 2.38. The molecule has 18 heavy (non-hydrogen) atoms. The van der Waals surface area contributed by atoms with Gasteiger partial charge in [0, 0.05) is 5.92 Å². The zero-order valence-corrected chi connectivity index (χ0v) is 11.6. The molecule has 4 unspecified atom stereocenters.